The van der Waals surface area contributed by atoms with Crippen LogP contribution in [0.15, 0.2) is 29.8 Å². The van der Waals surface area contributed by atoms with E-state index in [-0.39, 0.29) is 0 Å². The highest BCUT2D eigenvalue weighted by atomic mass is 15.1. The minimum atomic E-state index is 0.603. The molecule has 5 rings (SSSR count). The van der Waals surface area contributed by atoms with Crippen molar-refractivity contribution in [3.8, 4) is 0 Å². The summed E-state index contributed by atoms with van der Waals surface area (Å²) in [5.74, 6) is 2.80. The van der Waals surface area contributed by atoms with Crippen LogP contribution in [0.2, 0.25) is 0 Å². The number of benzene rings is 1. The molecule has 1 N–H and O–H groups in total. The summed E-state index contributed by atoms with van der Waals surface area (Å²) in [5.41, 5.74) is 6.69. The number of likely N-dealkylation sites (tertiary alicyclic amines) is 1. The molecule has 0 aromatic heterocycles. The molecule has 2 saturated heterocycles. The minimum absolute atomic E-state index is 0.603. The fraction of sp³-hybridized carbons (Fsp3) is 0.680. The lowest BCUT2D eigenvalue weighted by atomic mass is 9.69. The highest BCUT2D eigenvalue weighted by molar-refractivity contribution is 5.76. The Balaban J connectivity index is 1.56. The Labute approximate surface area is 165 Å². The van der Waals surface area contributed by atoms with Crippen LogP contribution >= 0.6 is 0 Å². The molecule has 1 aromatic carbocycles. The third-order valence-corrected chi connectivity index (χ3v) is 8.16. The van der Waals surface area contributed by atoms with Crippen molar-refractivity contribution in [2.24, 2.45) is 17.8 Å². The summed E-state index contributed by atoms with van der Waals surface area (Å²) in [6, 6.07) is 9.97. The van der Waals surface area contributed by atoms with Crippen molar-refractivity contribution in [2.45, 2.75) is 63.8 Å². The first-order valence-corrected chi connectivity index (χ1v) is 11.5. The SMILES string of the molecule is CN1CCC(=C2c3ccccc3CCC3C(C4CCCC4)CCN[C@H]23)CC1. The van der Waals surface area contributed by atoms with Gasteiger partial charge in [0, 0.05) is 19.1 Å². The fourth-order valence-electron chi connectivity index (χ4n) is 6.74. The largest absolute Gasteiger partial charge is 0.310 e. The highest BCUT2D eigenvalue weighted by Crippen LogP contribution is 2.47. The molecule has 146 valence electrons. The van der Waals surface area contributed by atoms with Crippen molar-refractivity contribution in [3.63, 3.8) is 0 Å². The van der Waals surface area contributed by atoms with Crippen LogP contribution in [0, 0.1) is 17.8 Å². The van der Waals surface area contributed by atoms with Gasteiger partial charge in [-0.25, -0.2) is 0 Å². The second-order valence-corrected chi connectivity index (χ2v) is 9.61. The lowest BCUT2D eigenvalue weighted by Gasteiger charge is -2.43. The molecule has 27 heavy (non-hydrogen) atoms. The number of rotatable bonds is 1. The summed E-state index contributed by atoms with van der Waals surface area (Å²) in [7, 11) is 2.28. The maximum absolute atomic E-state index is 4.04. The molecule has 3 fully saturated rings. The van der Waals surface area contributed by atoms with Crippen LogP contribution in [0.5, 0.6) is 0 Å². The molecular formula is C25H36N2. The van der Waals surface area contributed by atoms with E-state index < -0.39 is 0 Å². The topological polar surface area (TPSA) is 15.3 Å². The molecule has 1 aromatic rings. The van der Waals surface area contributed by atoms with Gasteiger partial charge in [-0.1, -0.05) is 55.5 Å². The molecule has 2 heterocycles. The van der Waals surface area contributed by atoms with Crippen LogP contribution in [-0.2, 0) is 6.42 Å². The summed E-state index contributed by atoms with van der Waals surface area (Å²) in [6.07, 6.45) is 12.5. The fourth-order valence-corrected chi connectivity index (χ4v) is 6.74. The van der Waals surface area contributed by atoms with Gasteiger partial charge in [0.15, 0.2) is 0 Å². The van der Waals surface area contributed by atoms with Gasteiger partial charge in [0.1, 0.15) is 0 Å². The van der Waals surface area contributed by atoms with Crippen LogP contribution in [0.25, 0.3) is 5.57 Å². The van der Waals surface area contributed by atoms with Crippen molar-refractivity contribution in [2.75, 3.05) is 26.7 Å². The van der Waals surface area contributed by atoms with Crippen molar-refractivity contribution < 1.29 is 0 Å². The zero-order chi connectivity index (χ0) is 18.2. The maximum atomic E-state index is 4.04. The van der Waals surface area contributed by atoms with Crippen LogP contribution < -0.4 is 5.32 Å². The van der Waals surface area contributed by atoms with E-state index in [1.807, 2.05) is 0 Å². The van der Waals surface area contributed by atoms with Gasteiger partial charge in [0.05, 0.1) is 0 Å². The Bertz CT molecular complexity index is 690. The van der Waals surface area contributed by atoms with Crippen LogP contribution in [0.4, 0.5) is 0 Å². The van der Waals surface area contributed by atoms with Gasteiger partial charge in [0.2, 0.25) is 0 Å². The molecule has 1 saturated carbocycles. The zero-order valence-corrected chi connectivity index (χ0v) is 17.1. The van der Waals surface area contributed by atoms with Crippen molar-refractivity contribution in [1.29, 1.82) is 0 Å². The molecule has 2 unspecified atom stereocenters. The van der Waals surface area contributed by atoms with E-state index in [0.29, 0.717) is 6.04 Å². The molecular weight excluding hydrogens is 328 g/mol. The second-order valence-electron chi connectivity index (χ2n) is 9.61. The van der Waals surface area contributed by atoms with Crippen molar-refractivity contribution in [1.82, 2.24) is 10.2 Å². The Morgan fingerprint density at radius 2 is 1.67 bits per heavy atom. The van der Waals surface area contributed by atoms with Gasteiger partial charge < -0.3 is 10.2 Å². The average molecular weight is 365 g/mol. The summed E-state index contributed by atoms with van der Waals surface area (Å²) in [5, 5.41) is 4.04. The van der Waals surface area contributed by atoms with Crippen LogP contribution in [0.1, 0.15) is 62.5 Å². The smallest absolute Gasteiger partial charge is 0.0357 e. The molecule has 2 nitrogen and oxygen atoms in total. The Kier molecular flexibility index (Phi) is 5.13. The van der Waals surface area contributed by atoms with Gasteiger partial charge in [-0.2, -0.15) is 0 Å². The Hall–Kier alpha value is -1.12. The monoisotopic (exact) mass is 364 g/mol. The third kappa shape index (κ3) is 3.40. The number of hydrogen-bond acceptors (Lipinski definition) is 2. The Morgan fingerprint density at radius 1 is 0.889 bits per heavy atom. The maximum Gasteiger partial charge on any atom is 0.0357 e. The lowest BCUT2D eigenvalue weighted by molar-refractivity contribution is 0.145. The average Bonchev–Trinajstić information content (AvgIpc) is 3.18. The van der Waals surface area contributed by atoms with E-state index in [1.54, 1.807) is 22.3 Å². The quantitative estimate of drug-likeness (QED) is 0.763. The Morgan fingerprint density at radius 3 is 2.48 bits per heavy atom. The molecule has 0 spiro atoms. The normalized spacial score (nSPS) is 32.9. The number of nitrogens with zero attached hydrogens (tertiary/aromatic N) is 1. The molecule has 0 bridgehead atoms. The zero-order valence-electron chi connectivity index (χ0n) is 17.1. The van der Waals surface area contributed by atoms with Crippen molar-refractivity contribution in [3.05, 3.63) is 41.0 Å². The first-order valence-electron chi connectivity index (χ1n) is 11.5. The van der Waals surface area contributed by atoms with Gasteiger partial charge in [0.25, 0.3) is 0 Å². The van der Waals surface area contributed by atoms with E-state index >= 15 is 0 Å². The number of piperidine rings is 2. The molecule has 0 radical (unpaired) electrons. The first kappa shape index (κ1) is 17.9. The van der Waals surface area contributed by atoms with E-state index in [9.17, 15) is 0 Å². The van der Waals surface area contributed by atoms with Gasteiger partial charge >= 0.3 is 0 Å². The second kappa shape index (κ2) is 7.72. The van der Waals surface area contributed by atoms with E-state index in [4.69, 9.17) is 0 Å². The van der Waals surface area contributed by atoms with Crippen molar-refractivity contribution >= 4 is 5.57 Å². The molecule has 3 atom stereocenters. The number of fused-ring (bicyclic) bond motifs is 2. The number of nitrogens with one attached hydrogen (secondary N) is 1. The summed E-state index contributed by atoms with van der Waals surface area (Å²) in [4.78, 5) is 2.50. The van der Waals surface area contributed by atoms with Gasteiger partial charge in [-0.3, -0.25) is 0 Å². The van der Waals surface area contributed by atoms with Crippen LogP contribution in [0.3, 0.4) is 0 Å². The van der Waals surface area contributed by atoms with E-state index in [2.05, 4.69) is 41.5 Å². The molecule has 4 aliphatic rings. The molecule has 2 aliphatic carbocycles. The number of aryl methyl sites for hydroxylation is 1. The van der Waals surface area contributed by atoms with Crippen LogP contribution in [-0.4, -0.2) is 37.6 Å². The standard InChI is InChI=1S/C25H36N2/c1-27-16-13-20(14-17-27)24-22-9-5-4-8-19(22)10-11-23-21(12-15-26-25(23)24)18-6-2-3-7-18/h4-5,8-9,18,21,23,25-26H,2-3,6-7,10-17H2,1H3/t21?,23?,25-/m0/s1. The molecule has 2 aliphatic heterocycles. The lowest BCUT2D eigenvalue weighted by Crippen LogP contribution is -2.48. The van der Waals surface area contributed by atoms with Gasteiger partial charge in [-0.15, -0.1) is 0 Å². The molecule has 2 heteroatoms. The minimum Gasteiger partial charge on any atom is -0.310 e. The predicted octanol–water partition coefficient (Wildman–Crippen LogP) is 4.90. The number of hydrogen-bond donors (Lipinski definition) is 1. The summed E-state index contributed by atoms with van der Waals surface area (Å²) >= 11 is 0. The predicted molar refractivity (Wildman–Crippen MR) is 114 cm³/mol. The molecule has 0 amide bonds. The first-order chi connectivity index (χ1) is 13.3. The summed E-state index contributed by atoms with van der Waals surface area (Å²) in [6.45, 7) is 3.68. The summed E-state index contributed by atoms with van der Waals surface area (Å²) < 4.78 is 0. The van der Waals surface area contributed by atoms with Gasteiger partial charge in [-0.05, 0) is 80.2 Å². The third-order valence-electron chi connectivity index (χ3n) is 8.16. The van der Waals surface area contributed by atoms with E-state index in [0.717, 1.165) is 17.8 Å². The highest BCUT2D eigenvalue weighted by Gasteiger charge is 2.42. The van der Waals surface area contributed by atoms with E-state index in [1.165, 1.54) is 77.4 Å².